The Hall–Kier alpha value is -1.24. The molecule has 0 radical (unpaired) electrons. The molecule has 0 unspecified atom stereocenters. The minimum absolute atomic E-state index is 0.0299. The maximum Gasteiger partial charge on any atom is 0.433 e. The second-order valence-electron chi connectivity index (χ2n) is 2.74. The molecule has 0 saturated heterocycles. The molecule has 0 atom stereocenters. The summed E-state index contributed by atoms with van der Waals surface area (Å²) in [6.07, 6.45) is -3.41. The Bertz CT molecular complexity index is 381. The summed E-state index contributed by atoms with van der Waals surface area (Å²) in [4.78, 5) is 14.3. The van der Waals surface area contributed by atoms with E-state index < -0.39 is 17.8 Å². The third-order valence-electron chi connectivity index (χ3n) is 1.61. The first-order valence-electron chi connectivity index (χ1n) is 4.16. The summed E-state index contributed by atoms with van der Waals surface area (Å²) in [5, 5.41) is 0. The Morgan fingerprint density at radius 1 is 1.56 bits per heavy atom. The number of nitrogens with zero attached hydrogens (tertiary/aromatic N) is 1. The third kappa shape index (κ3) is 3.73. The molecule has 0 spiro atoms. The number of ether oxygens (including phenoxy) is 1. The number of rotatable bonds is 3. The van der Waals surface area contributed by atoms with E-state index in [2.05, 4.69) is 9.72 Å². The molecule has 0 aromatic carbocycles. The molecule has 7 heteroatoms. The fourth-order valence-corrected chi connectivity index (χ4v) is 1.61. The van der Waals surface area contributed by atoms with E-state index in [9.17, 15) is 18.0 Å². The number of hydrogen-bond acceptors (Lipinski definition) is 4. The van der Waals surface area contributed by atoms with E-state index in [4.69, 9.17) is 0 Å². The molecule has 0 amide bonds. The van der Waals surface area contributed by atoms with Crippen LogP contribution < -0.4 is 0 Å². The van der Waals surface area contributed by atoms with Crippen molar-refractivity contribution in [2.45, 2.75) is 11.1 Å². The van der Waals surface area contributed by atoms with Crippen molar-refractivity contribution in [2.75, 3.05) is 12.9 Å². The number of alkyl halides is 3. The van der Waals surface area contributed by atoms with Crippen molar-refractivity contribution < 1.29 is 22.7 Å². The van der Waals surface area contributed by atoms with Gasteiger partial charge in [0.15, 0.2) is 0 Å². The number of pyridine rings is 1. The molecule has 0 saturated carbocycles. The lowest BCUT2D eigenvalue weighted by Gasteiger charge is -2.06. The van der Waals surface area contributed by atoms with Gasteiger partial charge in [-0.05, 0) is 12.1 Å². The predicted molar refractivity (Wildman–Crippen MR) is 52.0 cm³/mol. The largest absolute Gasteiger partial charge is 0.468 e. The maximum absolute atomic E-state index is 12.3. The first-order valence-corrected chi connectivity index (χ1v) is 5.15. The number of aromatic nitrogens is 1. The van der Waals surface area contributed by atoms with Gasteiger partial charge in [0.1, 0.15) is 5.69 Å². The van der Waals surface area contributed by atoms with Crippen molar-refractivity contribution in [3.05, 3.63) is 24.0 Å². The number of carbonyl (C=O) groups excluding carboxylic acids is 1. The van der Waals surface area contributed by atoms with Crippen molar-refractivity contribution in [1.29, 1.82) is 0 Å². The number of methoxy groups -OCH3 is 1. The Balaban J connectivity index is 2.72. The highest BCUT2D eigenvalue weighted by atomic mass is 32.2. The SMILES string of the molecule is COC(=O)CSc1ccnc(C(F)(F)F)c1. The molecule has 1 rings (SSSR count). The molecule has 3 nitrogen and oxygen atoms in total. The molecule has 0 aliphatic rings. The highest BCUT2D eigenvalue weighted by Crippen LogP contribution is 2.30. The van der Waals surface area contributed by atoms with Crippen molar-refractivity contribution in [3.63, 3.8) is 0 Å². The third-order valence-corrected chi connectivity index (χ3v) is 2.57. The minimum Gasteiger partial charge on any atom is -0.468 e. The van der Waals surface area contributed by atoms with Crippen LogP contribution in [0, 0.1) is 0 Å². The van der Waals surface area contributed by atoms with E-state index in [0.717, 1.165) is 24.0 Å². The van der Waals surface area contributed by atoms with Crippen LogP contribution in [0.2, 0.25) is 0 Å². The lowest BCUT2D eigenvalue weighted by atomic mass is 10.3. The fourth-order valence-electron chi connectivity index (χ4n) is 0.857. The van der Waals surface area contributed by atoms with Crippen LogP contribution >= 0.6 is 11.8 Å². The standard InChI is InChI=1S/C9H8F3NO2S/c1-15-8(14)5-16-6-2-3-13-7(4-6)9(10,11)12/h2-4H,5H2,1H3. The van der Waals surface area contributed by atoms with Gasteiger partial charge in [-0.3, -0.25) is 9.78 Å². The van der Waals surface area contributed by atoms with E-state index in [1.165, 1.54) is 13.2 Å². The summed E-state index contributed by atoms with van der Waals surface area (Å²) in [5.41, 5.74) is -0.970. The Kier molecular flexibility index (Phi) is 4.17. The smallest absolute Gasteiger partial charge is 0.433 e. The Labute approximate surface area is 94.0 Å². The highest BCUT2D eigenvalue weighted by molar-refractivity contribution is 8.00. The van der Waals surface area contributed by atoms with E-state index >= 15 is 0 Å². The van der Waals surface area contributed by atoms with Gasteiger partial charge in [0, 0.05) is 11.1 Å². The van der Waals surface area contributed by atoms with Gasteiger partial charge in [0.2, 0.25) is 0 Å². The summed E-state index contributed by atoms with van der Waals surface area (Å²) >= 11 is 0.969. The molecular formula is C9H8F3NO2S. The summed E-state index contributed by atoms with van der Waals surface area (Å²) in [6.45, 7) is 0. The number of esters is 1. The van der Waals surface area contributed by atoms with Crippen LogP contribution in [0.4, 0.5) is 13.2 Å². The molecule has 1 aromatic heterocycles. The van der Waals surface area contributed by atoms with Gasteiger partial charge in [0.25, 0.3) is 0 Å². The highest BCUT2D eigenvalue weighted by Gasteiger charge is 2.32. The van der Waals surface area contributed by atoms with Crippen molar-refractivity contribution >= 4 is 17.7 Å². The second kappa shape index (κ2) is 5.20. The van der Waals surface area contributed by atoms with Crippen molar-refractivity contribution in [1.82, 2.24) is 4.98 Å². The number of hydrogen-bond donors (Lipinski definition) is 0. The first kappa shape index (κ1) is 12.8. The topological polar surface area (TPSA) is 39.2 Å². The van der Waals surface area contributed by atoms with E-state index in [0.29, 0.717) is 4.90 Å². The predicted octanol–water partition coefficient (Wildman–Crippen LogP) is 2.37. The molecule has 1 heterocycles. The number of halogens is 3. The molecule has 88 valence electrons. The number of thioether (sulfide) groups is 1. The lowest BCUT2D eigenvalue weighted by molar-refractivity contribution is -0.141. The zero-order valence-electron chi connectivity index (χ0n) is 8.25. The van der Waals surface area contributed by atoms with Crippen LogP contribution in [0.25, 0.3) is 0 Å². The zero-order valence-corrected chi connectivity index (χ0v) is 9.06. The van der Waals surface area contributed by atoms with Crippen LogP contribution in [0.15, 0.2) is 23.2 Å². The second-order valence-corrected chi connectivity index (χ2v) is 3.79. The van der Waals surface area contributed by atoms with Crippen LogP contribution in [-0.4, -0.2) is 23.8 Å². The average molecular weight is 251 g/mol. The van der Waals surface area contributed by atoms with Crippen LogP contribution in [-0.2, 0) is 15.7 Å². The van der Waals surface area contributed by atoms with Gasteiger partial charge in [-0.25, -0.2) is 0 Å². The summed E-state index contributed by atoms with van der Waals surface area (Å²) in [7, 11) is 1.22. The molecule has 0 aliphatic heterocycles. The first-order chi connectivity index (χ1) is 7.43. The van der Waals surface area contributed by atoms with Gasteiger partial charge in [-0.2, -0.15) is 13.2 Å². The summed E-state index contributed by atoms with van der Waals surface area (Å²) in [6, 6.07) is 2.30. The van der Waals surface area contributed by atoms with Crippen molar-refractivity contribution in [2.24, 2.45) is 0 Å². The molecule has 16 heavy (non-hydrogen) atoms. The maximum atomic E-state index is 12.3. The Morgan fingerprint density at radius 3 is 2.81 bits per heavy atom. The van der Waals surface area contributed by atoms with E-state index in [-0.39, 0.29) is 5.75 Å². The molecule has 0 bridgehead atoms. The number of carbonyl (C=O) groups is 1. The normalized spacial score (nSPS) is 11.2. The lowest BCUT2D eigenvalue weighted by Crippen LogP contribution is -2.08. The molecular weight excluding hydrogens is 243 g/mol. The fraction of sp³-hybridized carbons (Fsp3) is 0.333. The quantitative estimate of drug-likeness (QED) is 0.610. The van der Waals surface area contributed by atoms with Crippen molar-refractivity contribution in [3.8, 4) is 0 Å². The minimum atomic E-state index is -4.47. The van der Waals surface area contributed by atoms with Crippen LogP contribution in [0.1, 0.15) is 5.69 Å². The average Bonchev–Trinajstić information content (AvgIpc) is 2.25. The Morgan fingerprint density at radius 2 is 2.25 bits per heavy atom. The van der Waals surface area contributed by atoms with Gasteiger partial charge in [-0.15, -0.1) is 11.8 Å². The molecule has 0 N–H and O–H groups in total. The van der Waals surface area contributed by atoms with Gasteiger partial charge in [0.05, 0.1) is 12.9 Å². The van der Waals surface area contributed by atoms with Crippen LogP contribution in [0.5, 0.6) is 0 Å². The summed E-state index contributed by atoms with van der Waals surface area (Å²) < 4.78 is 41.2. The molecule has 0 aliphatic carbocycles. The van der Waals surface area contributed by atoms with Crippen LogP contribution in [0.3, 0.4) is 0 Å². The van der Waals surface area contributed by atoms with Gasteiger partial charge in [-0.1, -0.05) is 0 Å². The molecule has 0 fully saturated rings. The van der Waals surface area contributed by atoms with Gasteiger partial charge >= 0.3 is 12.1 Å². The van der Waals surface area contributed by atoms with E-state index in [1.807, 2.05) is 0 Å². The monoisotopic (exact) mass is 251 g/mol. The zero-order chi connectivity index (χ0) is 12.2. The molecule has 1 aromatic rings. The van der Waals surface area contributed by atoms with E-state index in [1.54, 1.807) is 0 Å². The summed E-state index contributed by atoms with van der Waals surface area (Å²) in [5.74, 6) is -0.520. The van der Waals surface area contributed by atoms with Gasteiger partial charge < -0.3 is 4.74 Å².